The van der Waals surface area contributed by atoms with E-state index < -0.39 is 5.92 Å². The fourth-order valence-electron chi connectivity index (χ4n) is 2.35. The van der Waals surface area contributed by atoms with Crippen LogP contribution >= 0.6 is 0 Å². The third-order valence-corrected chi connectivity index (χ3v) is 3.68. The molecule has 1 unspecified atom stereocenters. The molecule has 0 amide bonds. The number of halogens is 1. The predicted molar refractivity (Wildman–Crippen MR) is 83.6 cm³/mol. The van der Waals surface area contributed by atoms with E-state index in [-0.39, 0.29) is 23.7 Å². The molecule has 0 aromatic heterocycles. The molecule has 1 atom stereocenters. The molecule has 2 N–H and O–H groups in total. The molecule has 0 heterocycles. The predicted octanol–water partition coefficient (Wildman–Crippen LogP) is 3.90. The van der Waals surface area contributed by atoms with Gasteiger partial charge < -0.3 is 10.5 Å². The second-order valence-electron chi connectivity index (χ2n) is 5.38. The lowest BCUT2D eigenvalue weighted by Gasteiger charge is -2.14. The Morgan fingerprint density at radius 1 is 1.23 bits per heavy atom. The van der Waals surface area contributed by atoms with E-state index in [4.69, 9.17) is 5.41 Å². The van der Waals surface area contributed by atoms with Crippen molar-refractivity contribution in [2.75, 3.05) is 0 Å². The first-order chi connectivity index (χ1) is 10.4. The summed E-state index contributed by atoms with van der Waals surface area (Å²) >= 11 is 0. The maximum Gasteiger partial charge on any atom is 0.126 e. The molecule has 0 bridgehead atoms. The Kier molecular flexibility index (Phi) is 4.57. The molecule has 0 spiro atoms. The lowest BCUT2D eigenvalue weighted by Crippen LogP contribution is -2.17. The third kappa shape index (κ3) is 3.32. The van der Waals surface area contributed by atoms with Gasteiger partial charge in [-0.15, -0.1) is 0 Å². The van der Waals surface area contributed by atoms with Crippen LogP contribution in [0.4, 0.5) is 4.39 Å². The molecule has 0 aliphatic carbocycles. The fourth-order valence-corrected chi connectivity index (χ4v) is 2.35. The molecule has 2 aromatic rings. The van der Waals surface area contributed by atoms with Gasteiger partial charge in [0.2, 0.25) is 0 Å². The third-order valence-electron chi connectivity index (χ3n) is 3.68. The zero-order valence-corrected chi connectivity index (χ0v) is 12.5. The molecule has 22 heavy (non-hydrogen) atoms. The maximum atomic E-state index is 13.6. The summed E-state index contributed by atoms with van der Waals surface area (Å²) in [5.74, 6) is -0.838. The van der Waals surface area contributed by atoms with Crippen LogP contribution in [-0.2, 0) is 6.42 Å². The van der Waals surface area contributed by atoms with E-state index in [0.717, 1.165) is 5.56 Å². The SMILES string of the molecule is Cc1ccc(CC(C#N)C(=N)c2ccc(O)cc2C)cc1F. The quantitative estimate of drug-likeness (QED) is 0.840. The monoisotopic (exact) mass is 296 g/mol. The Balaban J connectivity index is 2.26. The first-order valence-electron chi connectivity index (χ1n) is 6.95. The van der Waals surface area contributed by atoms with Crippen molar-refractivity contribution in [2.45, 2.75) is 20.3 Å². The number of phenolic OH excluding ortho intramolecular Hbond substituents is 1. The van der Waals surface area contributed by atoms with Crippen molar-refractivity contribution in [3.05, 3.63) is 64.5 Å². The number of aromatic hydroxyl groups is 1. The number of hydrogen-bond donors (Lipinski definition) is 2. The molecule has 0 aliphatic rings. The molecule has 2 aromatic carbocycles. The van der Waals surface area contributed by atoms with Gasteiger partial charge in [-0.25, -0.2) is 4.39 Å². The molecule has 0 aliphatic heterocycles. The first-order valence-corrected chi connectivity index (χ1v) is 6.95. The Hall–Kier alpha value is -2.67. The highest BCUT2D eigenvalue weighted by Crippen LogP contribution is 2.21. The number of nitriles is 1. The number of benzene rings is 2. The van der Waals surface area contributed by atoms with Gasteiger partial charge in [-0.3, -0.25) is 0 Å². The molecule has 3 nitrogen and oxygen atoms in total. The topological polar surface area (TPSA) is 67.9 Å². The second kappa shape index (κ2) is 6.40. The van der Waals surface area contributed by atoms with Gasteiger partial charge in [-0.2, -0.15) is 5.26 Å². The van der Waals surface area contributed by atoms with Gasteiger partial charge in [-0.1, -0.05) is 12.1 Å². The number of nitrogens with zero attached hydrogens (tertiary/aromatic N) is 1. The number of phenols is 1. The Labute approximate surface area is 129 Å². The average Bonchev–Trinajstić information content (AvgIpc) is 2.47. The van der Waals surface area contributed by atoms with Crippen LogP contribution in [0.25, 0.3) is 0 Å². The lowest BCUT2D eigenvalue weighted by atomic mass is 9.89. The summed E-state index contributed by atoms with van der Waals surface area (Å²) in [6.07, 6.45) is 0.285. The first kappa shape index (κ1) is 15.7. The number of hydrogen-bond acceptors (Lipinski definition) is 3. The van der Waals surface area contributed by atoms with Crippen molar-refractivity contribution >= 4 is 5.71 Å². The van der Waals surface area contributed by atoms with E-state index in [2.05, 4.69) is 6.07 Å². The van der Waals surface area contributed by atoms with Crippen LogP contribution in [-0.4, -0.2) is 10.8 Å². The van der Waals surface area contributed by atoms with Gasteiger partial charge in [0, 0.05) is 0 Å². The number of aryl methyl sites for hydroxylation is 2. The molecule has 4 heteroatoms. The van der Waals surface area contributed by atoms with Crippen molar-refractivity contribution in [3.63, 3.8) is 0 Å². The second-order valence-corrected chi connectivity index (χ2v) is 5.38. The molecule has 0 radical (unpaired) electrons. The summed E-state index contributed by atoms with van der Waals surface area (Å²) < 4.78 is 13.6. The van der Waals surface area contributed by atoms with Gasteiger partial charge in [0.25, 0.3) is 0 Å². The highest BCUT2D eigenvalue weighted by Gasteiger charge is 2.18. The van der Waals surface area contributed by atoms with Crippen LogP contribution in [0.5, 0.6) is 5.75 Å². The molecule has 2 rings (SSSR count). The summed E-state index contributed by atoms with van der Waals surface area (Å²) in [4.78, 5) is 0. The summed E-state index contributed by atoms with van der Waals surface area (Å²) in [7, 11) is 0. The van der Waals surface area contributed by atoms with Crippen LogP contribution in [0.1, 0.15) is 22.3 Å². The van der Waals surface area contributed by atoms with Crippen molar-refractivity contribution in [1.82, 2.24) is 0 Å². The molecular weight excluding hydrogens is 279 g/mol. The highest BCUT2D eigenvalue weighted by atomic mass is 19.1. The zero-order chi connectivity index (χ0) is 16.3. The van der Waals surface area contributed by atoms with E-state index >= 15 is 0 Å². The van der Waals surface area contributed by atoms with Gasteiger partial charge >= 0.3 is 0 Å². The van der Waals surface area contributed by atoms with E-state index in [1.807, 2.05) is 0 Å². The molecular formula is C18H17FN2O. The van der Waals surface area contributed by atoms with E-state index in [1.54, 1.807) is 38.1 Å². The smallest absolute Gasteiger partial charge is 0.126 e. The Morgan fingerprint density at radius 3 is 2.55 bits per heavy atom. The summed E-state index contributed by atoms with van der Waals surface area (Å²) in [5.41, 5.74) is 2.79. The fraction of sp³-hybridized carbons (Fsp3) is 0.222. The van der Waals surface area contributed by atoms with Crippen molar-refractivity contribution in [1.29, 1.82) is 10.7 Å². The number of nitrogens with one attached hydrogen (secondary N) is 1. The van der Waals surface area contributed by atoms with Gasteiger partial charge in [0.05, 0.1) is 17.7 Å². The Morgan fingerprint density at radius 2 is 1.95 bits per heavy atom. The van der Waals surface area contributed by atoms with Crippen molar-refractivity contribution < 1.29 is 9.50 Å². The van der Waals surface area contributed by atoms with Crippen LogP contribution < -0.4 is 0 Å². The van der Waals surface area contributed by atoms with Crippen molar-refractivity contribution in [2.24, 2.45) is 5.92 Å². The van der Waals surface area contributed by atoms with Crippen LogP contribution in [0.15, 0.2) is 36.4 Å². The maximum absolute atomic E-state index is 13.6. The summed E-state index contributed by atoms with van der Waals surface area (Å²) in [5, 5.41) is 27.0. The Bertz CT molecular complexity index is 762. The molecule has 0 saturated heterocycles. The highest BCUT2D eigenvalue weighted by molar-refractivity contribution is 6.02. The minimum atomic E-state index is -0.662. The number of rotatable bonds is 4. The molecule has 0 fully saturated rings. The van der Waals surface area contributed by atoms with Crippen LogP contribution in [0, 0.1) is 42.3 Å². The minimum Gasteiger partial charge on any atom is -0.508 e. The standard InChI is InChI=1S/C18H17FN2O/c1-11-3-4-13(9-17(11)19)8-14(10-20)18(21)16-6-5-15(22)7-12(16)2/h3-7,9,14,21-22H,8H2,1-2H3. The normalized spacial score (nSPS) is 11.7. The summed E-state index contributed by atoms with van der Waals surface area (Å²) in [6.45, 7) is 3.46. The van der Waals surface area contributed by atoms with E-state index in [9.17, 15) is 14.8 Å². The summed E-state index contributed by atoms with van der Waals surface area (Å²) in [6, 6.07) is 11.7. The average molecular weight is 296 g/mol. The lowest BCUT2D eigenvalue weighted by molar-refractivity contribution is 0.475. The van der Waals surface area contributed by atoms with Crippen molar-refractivity contribution in [3.8, 4) is 11.8 Å². The van der Waals surface area contributed by atoms with Gasteiger partial charge in [0.15, 0.2) is 0 Å². The van der Waals surface area contributed by atoms with Gasteiger partial charge in [-0.05, 0) is 66.8 Å². The van der Waals surface area contributed by atoms with E-state index in [1.165, 1.54) is 12.1 Å². The molecule has 0 saturated carbocycles. The zero-order valence-electron chi connectivity index (χ0n) is 12.5. The largest absolute Gasteiger partial charge is 0.508 e. The van der Waals surface area contributed by atoms with Crippen LogP contribution in [0.2, 0.25) is 0 Å². The van der Waals surface area contributed by atoms with E-state index in [0.29, 0.717) is 16.7 Å². The molecule has 112 valence electrons. The minimum absolute atomic E-state index is 0.128. The van der Waals surface area contributed by atoms with Gasteiger partial charge in [0.1, 0.15) is 11.6 Å². The van der Waals surface area contributed by atoms with Crippen LogP contribution in [0.3, 0.4) is 0 Å².